The van der Waals surface area contributed by atoms with Crippen molar-refractivity contribution >= 4 is 5.82 Å². The second kappa shape index (κ2) is 4.49. The Bertz CT molecular complexity index is 585. The number of nitrogens with two attached hydrogens (primary N) is 1. The molecule has 0 saturated heterocycles. The van der Waals surface area contributed by atoms with Gasteiger partial charge in [0.25, 0.3) is 0 Å². The van der Waals surface area contributed by atoms with E-state index < -0.39 is 11.7 Å². The topological polar surface area (TPSA) is 53.1 Å². The van der Waals surface area contributed by atoms with E-state index in [4.69, 9.17) is 10.5 Å². The van der Waals surface area contributed by atoms with Gasteiger partial charge in [0.15, 0.2) is 0 Å². The van der Waals surface area contributed by atoms with Crippen LogP contribution in [0.3, 0.4) is 0 Å². The van der Waals surface area contributed by atoms with Crippen molar-refractivity contribution in [3.8, 4) is 17.0 Å². The molecule has 1 aromatic heterocycles. The van der Waals surface area contributed by atoms with Crippen molar-refractivity contribution in [1.82, 2.24) is 9.78 Å². The molecule has 0 amide bonds. The highest BCUT2D eigenvalue weighted by molar-refractivity contribution is 5.71. The largest absolute Gasteiger partial charge is 0.495 e. The summed E-state index contributed by atoms with van der Waals surface area (Å²) in [4.78, 5) is 0. The van der Waals surface area contributed by atoms with Gasteiger partial charge in [-0.05, 0) is 12.1 Å². The number of nitrogens with zero attached hydrogens (tertiary/aromatic N) is 2. The van der Waals surface area contributed by atoms with Crippen molar-refractivity contribution in [3.63, 3.8) is 0 Å². The zero-order valence-electron chi connectivity index (χ0n) is 10.3. The van der Waals surface area contributed by atoms with Gasteiger partial charge in [-0.1, -0.05) is 6.07 Å². The van der Waals surface area contributed by atoms with E-state index in [0.717, 1.165) is 6.07 Å². The third kappa shape index (κ3) is 2.35. The number of halogens is 3. The van der Waals surface area contributed by atoms with E-state index in [1.165, 1.54) is 30.0 Å². The molecule has 2 rings (SSSR count). The molecule has 2 N–H and O–H groups in total. The van der Waals surface area contributed by atoms with Crippen LogP contribution in [0.1, 0.15) is 5.56 Å². The standard InChI is InChI=1S/C12H12F3N3O/c1-18-10(16)6-9(17-18)7-4-3-5-8(11(7)19-2)12(13,14)15/h3-6H,16H2,1-2H3. The SMILES string of the molecule is COc1c(-c2cc(N)n(C)n2)cccc1C(F)(F)F. The third-order valence-corrected chi connectivity index (χ3v) is 2.72. The van der Waals surface area contributed by atoms with Gasteiger partial charge in [0.1, 0.15) is 11.6 Å². The molecule has 0 aliphatic rings. The Kier molecular flexibility index (Phi) is 3.13. The lowest BCUT2D eigenvalue weighted by Gasteiger charge is -2.14. The van der Waals surface area contributed by atoms with Gasteiger partial charge in [-0.15, -0.1) is 0 Å². The van der Waals surface area contributed by atoms with Gasteiger partial charge in [-0.25, -0.2) is 0 Å². The van der Waals surface area contributed by atoms with Crippen LogP contribution in [0.15, 0.2) is 24.3 Å². The summed E-state index contributed by atoms with van der Waals surface area (Å²) in [7, 11) is 2.80. The van der Waals surface area contributed by atoms with Gasteiger partial charge >= 0.3 is 6.18 Å². The number of benzene rings is 1. The molecule has 0 aliphatic heterocycles. The Morgan fingerprint density at radius 2 is 2.00 bits per heavy atom. The summed E-state index contributed by atoms with van der Waals surface area (Å²) in [5.41, 5.74) is 5.38. The van der Waals surface area contributed by atoms with Crippen LogP contribution in [0.4, 0.5) is 19.0 Å². The molecule has 1 heterocycles. The molecule has 0 radical (unpaired) electrons. The predicted molar refractivity (Wildman–Crippen MR) is 64.6 cm³/mol. The number of anilines is 1. The molecular formula is C12H12F3N3O. The second-order valence-corrected chi connectivity index (χ2v) is 3.96. The monoisotopic (exact) mass is 271 g/mol. The molecule has 0 unspecified atom stereocenters. The highest BCUT2D eigenvalue weighted by atomic mass is 19.4. The molecule has 0 atom stereocenters. The van der Waals surface area contributed by atoms with E-state index in [1.807, 2.05) is 0 Å². The van der Waals surface area contributed by atoms with Gasteiger partial charge < -0.3 is 10.5 Å². The summed E-state index contributed by atoms with van der Waals surface area (Å²) < 4.78 is 44.9. The Hall–Kier alpha value is -2.18. The lowest BCUT2D eigenvalue weighted by atomic mass is 10.1. The number of nitrogen functional groups attached to an aromatic ring is 1. The molecule has 19 heavy (non-hydrogen) atoms. The Balaban J connectivity index is 2.64. The number of aryl methyl sites for hydroxylation is 1. The van der Waals surface area contributed by atoms with E-state index >= 15 is 0 Å². The molecule has 102 valence electrons. The molecule has 0 aliphatic carbocycles. The lowest BCUT2D eigenvalue weighted by Crippen LogP contribution is -2.08. The molecule has 0 bridgehead atoms. The Morgan fingerprint density at radius 3 is 2.47 bits per heavy atom. The minimum Gasteiger partial charge on any atom is -0.495 e. The van der Waals surface area contributed by atoms with Crippen molar-refractivity contribution in [2.75, 3.05) is 12.8 Å². The Labute approximate surface area is 107 Å². The summed E-state index contributed by atoms with van der Waals surface area (Å²) in [6.07, 6.45) is -4.48. The highest BCUT2D eigenvalue weighted by Crippen LogP contribution is 2.41. The van der Waals surface area contributed by atoms with Crippen LogP contribution in [0.25, 0.3) is 11.3 Å². The van der Waals surface area contributed by atoms with Crippen molar-refractivity contribution in [2.24, 2.45) is 7.05 Å². The lowest BCUT2D eigenvalue weighted by molar-refractivity contribution is -0.138. The van der Waals surface area contributed by atoms with E-state index in [-0.39, 0.29) is 11.3 Å². The van der Waals surface area contributed by atoms with Crippen LogP contribution in [0.2, 0.25) is 0 Å². The first-order valence-corrected chi connectivity index (χ1v) is 5.38. The molecule has 0 fully saturated rings. The number of methoxy groups -OCH3 is 1. The third-order valence-electron chi connectivity index (χ3n) is 2.72. The summed E-state index contributed by atoms with van der Waals surface area (Å²) >= 11 is 0. The van der Waals surface area contributed by atoms with Crippen LogP contribution in [0.5, 0.6) is 5.75 Å². The zero-order valence-corrected chi connectivity index (χ0v) is 10.3. The maximum Gasteiger partial charge on any atom is 0.419 e. The molecule has 7 heteroatoms. The van der Waals surface area contributed by atoms with E-state index in [2.05, 4.69) is 5.10 Å². The zero-order chi connectivity index (χ0) is 14.2. The fraction of sp³-hybridized carbons (Fsp3) is 0.250. The number of aromatic nitrogens is 2. The van der Waals surface area contributed by atoms with Gasteiger partial charge in [0.05, 0.1) is 18.4 Å². The van der Waals surface area contributed by atoms with Gasteiger partial charge in [-0.3, -0.25) is 4.68 Å². The minimum absolute atomic E-state index is 0.254. The van der Waals surface area contributed by atoms with Gasteiger partial charge in [0.2, 0.25) is 0 Å². The summed E-state index contributed by atoms with van der Waals surface area (Å²) in [6, 6.07) is 5.29. The van der Waals surface area contributed by atoms with Crippen LogP contribution >= 0.6 is 0 Å². The maximum atomic E-state index is 12.9. The number of alkyl halides is 3. The molecule has 1 aromatic carbocycles. The van der Waals surface area contributed by atoms with Crippen molar-refractivity contribution < 1.29 is 17.9 Å². The number of hydrogen-bond acceptors (Lipinski definition) is 3. The summed E-state index contributed by atoms with van der Waals surface area (Å²) in [5.74, 6) is 0.0996. The van der Waals surface area contributed by atoms with Crippen molar-refractivity contribution in [3.05, 3.63) is 29.8 Å². The first kappa shape index (κ1) is 13.3. The fourth-order valence-electron chi connectivity index (χ4n) is 1.80. The smallest absolute Gasteiger partial charge is 0.419 e. The summed E-state index contributed by atoms with van der Waals surface area (Å²) in [6.45, 7) is 0. The average Bonchev–Trinajstić information content (AvgIpc) is 2.67. The van der Waals surface area contributed by atoms with E-state index in [1.54, 1.807) is 7.05 Å². The number of hydrogen-bond donors (Lipinski definition) is 1. The number of ether oxygens (including phenoxy) is 1. The van der Waals surface area contributed by atoms with Crippen molar-refractivity contribution in [1.29, 1.82) is 0 Å². The molecular weight excluding hydrogens is 259 g/mol. The molecule has 2 aromatic rings. The first-order valence-electron chi connectivity index (χ1n) is 5.38. The first-order chi connectivity index (χ1) is 8.84. The van der Waals surface area contributed by atoms with E-state index in [0.29, 0.717) is 11.5 Å². The van der Waals surface area contributed by atoms with Gasteiger partial charge in [0, 0.05) is 18.7 Å². The van der Waals surface area contributed by atoms with Crippen LogP contribution < -0.4 is 10.5 Å². The average molecular weight is 271 g/mol. The van der Waals surface area contributed by atoms with Crippen molar-refractivity contribution in [2.45, 2.75) is 6.18 Å². The normalized spacial score (nSPS) is 11.6. The van der Waals surface area contributed by atoms with Crippen LogP contribution in [0, 0.1) is 0 Å². The minimum atomic E-state index is -4.48. The fourth-order valence-corrected chi connectivity index (χ4v) is 1.80. The number of rotatable bonds is 2. The second-order valence-electron chi connectivity index (χ2n) is 3.96. The van der Waals surface area contributed by atoms with Gasteiger partial charge in [-0.2, -0.15) is 18.3 Å². The van der Waals surface area contributed by atoms with E-state index in [9.17, 15) is 13.2 Å². The van der Waals surface area contributed by atoms with Crippen LogP contribution in [-0.4, -0.2) is 16.9 Å². The predicted octanol–water partition coefficient (Wildman–Crippen LogP) is 2.70. The van der Waals surface area contributed by atoms with Crippen LogP contribution in [-0.2, 0) is 13.2 Å². The molecule has 4 nitrogen and oxygen atoms in total. The maximum absolute atomic E-state index is 12.9. The highest BCUT2D eigenvalue weighted by Gasteiger charge is 2.35. The quantitative estimate of drug-likeness (QED) is 0.913. The summed E-state index contributed by atoms with van der Waals surface area (Å²) in [5, 5.41) is 4.06. The Morgan fingerprint density at radius 1 is 1.32 bits per heavy atom. The molecule has 0 saturated carbocycles. The number of para-hydroxylation sites is 1. The molecule has 0 spiro atoms.